The Morgan fingerprint density at radius 3 is 2.52 bits per heavy atom. The minimum Gasteiger partial charge on any atom is -0.481 e. The lowest BCUT2D eigenvalue weighted by atomic mass is 9.86. The molecule has 27 heavy (non-hydrogen) atoms. The molecule has 1 heterocycles. The number of rotatable bonds is 5. The molecule has 7 nitrogen and oxygen atoms in total. The third kappa shape index (κ3) is 5.01. The van der Waals surface area contributed by atoms with Gasteiger partial charge in [-0.05, 0) is 56.9 Å². The molecule has 144 valence electrons. The number of nitrogens with one attached hydrogen (secondary N) is 2. The van der Waals surface area contributed by atoms with Crippen molar-refractivity contribution in [1.82, 2.24) is 15.6 Å². The van der Waals surface area contributed by atoms with Crippen LogP contribution in [0.1, 0.15) is 37.3 Å². The summed E-state index contributed by atoms with van der Waals surface area (Å²) in [5, 5.41) is 15.3. The lowest BCUT2D eigenvalue weighted by Crippen LogP contribution is -2.43. The van der Waals surface area contributed by atoms with Gasteiger partial charge in [-0.25, -0.2) is 9.78 Å². The minimum atomic E-state index is -0.756. The summed E-state index contributed by atoms with van der Waals surface area (Å²) in [5.74, 6) is 0.0133. The van der Waals surface area contributed by atoms with Gasteiger partial charge < -0.3 is 20.2 Å². The standard InChI is InChI=1S/C19H22ClN3O4/c1-11-17(12-2-6-14(20)7-3-12)27-16(22-11)10-21-19(26)23-15-8-4-13(5-9-15)18(24)25/h2-3,6-7,13,15H,4-5,8-10H2,1H3,(H,24,25)(H2,21,23,26). The fourth-order valence-corrected chi connectivity index (χ4v) is 3.40. The molecule has 0 atom stereocenters. The van der Waals surface area contributed by atoms with Gasteiger partial charge in [-0.1, -0.05) is 11.6 Å². The van der Waals surface area contributed by atoms with Gasteiger partial charge in [0, 0.05) is 16.6 Å². The molecule has 2 amide bonds. The highest BCUT2D eigenvalue weighted by molar-refractivity contribution is 6.30. The molecule has 2 aromatic rings. The maximum absolute atomic E-state index is 12.1. The van der Waals surface area contributed by atoms with Crippen molar-refractivity contribution >= 4 is 23.6 Å². The number of aryl methyl sites for hydroxylation is 1. The minimum absolute atomic E-state index is 0.00322. The van der Waals surface area contributed by atoms with Crippen molar-refractivity contribution < 1.29 is 19.1 Å². The summed E-state index contributed by atoms with van der Waals surface area (Å²) in [5.41, 5.74) is 1.61. The molecule has 1 aliphatic rings. The third-order valence-electron chi connectivity index (χ3n) is 4.76. The summed E-state index contributed by atoms with van der Waals surface area (Å²) in [6.07, 6.45) is 2.51. The van der Waals surface area contributed by atoms with E-state index in [1.54, 1.807) is 12.1 Å². The Kier molecular flexibility index (Phi) is 6.01. The second-order valence-electron chi connectivity index (χ2n) is 6.74. The van der Waals surface area contributed by atoms with Crippen molar-refractivity contribution in [3.63, 3.8) is 0 Å². The number of hydrogen-bond acceptors (Lipinski definition) is 4. The summed E-state index contributed by atoms with van der Waals surface area (Å²) in [7, 11) is 0. The lowest BCUT2D eigenvalue weighted by molar-refractivity contribution is -0.142. The second-order valence-corrected chi connectivity index (χ2v) is 7.18. The van der Waals surface area contributed by atoms with Crippen molar-refractivity contribution in [3.8, 4) is 11.3 Å². The fourth-order valence-electron chi connectivity index (χ4n) is 3.27. The second kappa shape index (κ2) is 8.43. The number of carboxylic acids is 1. The van der Waals surface area contributed by atoms with Gasteiger partial charge in [0.15, 0.2) is 5.76 Å². The number of nitrogens with zero attached hydrogens (tertiary/aromatic N) is 1. The van der Waals surface area contributed by atoms with Crippen LogP contribution in [-0.2, 0) is 11.3 Å². The molecule has 0 unspecified atom stereocenters. The van der Waals surface area contributed by atoms with Crippen molar-refractivity contribution in [2.24, 2.45) is 5.92 Å². The van der Waals surface area contributed by atoms with Gasteiger partial charge in [0.25, 0.3) is 0 Å². The number of urea groups is 1. The van der Waals surface area contributed by atoms with Crippen LogP contribution in [0.2, 0.25) is 5.02 Å². The number of carbonyl (C=O) groups excluding carboxylic acids is 1. The summed E-state index contributed by atoms with van der Waals surface area (Å²) in [6.45, 7) is 2.02. The van der Waals surface area contributed by atoms with E-state index in [0.717, 1.165) is 11.3 Å². The maximum Gasteiger partial charge on any atom is 0.315 e. The predicted octanol–water partition coefficient (Wildman–Crippen LogP) is 3.75. The van der Waals surface area contributed by atoms with Gasteiger partial charge in [0.2, 0.25) is 5.89 Å². The molecular weight excluding hydrogens is 370 g/mol. The Balaban J connectivity index is 1.50. The van der Waals surface area contributed by atoms with Crippen molar-refractivity contribution in [3.05, 3.63) is 40.9 Å². The Morgan fingerprint density at radius 2 is 1.89 bits per heavy atom. The SMILES string of the molecule is Cc1nc(CNC(=O)NC2CCC(C(=O)O)CC2)oc1-c1ccc(Cl)cc1. The van der Waals surface area contributed by atoms with Crippen LogP contribution in [0.5, 0.6) is 0 Å². The molecule has 3 N–H and O–H groups in total. The van der Waals surface area contributed by atoms with Crippen LogP contribution in [0.25, 0.3) is 11.3 Å². The Bertz CT molecular complexity index is 811. The van der Waals surface area contributed by atoms with Crippen molar-refractivity contribution in [2.45, 2.75) is 45.2 Å². The number of halogens is 1. The highest BCUT2D eigenvalue weighted by atomic mass is 35.5. The lowest BCUT2D eigenvalue weighted by Gasteiger charge is -2.26. The quantitative estimate of drug-likeness (QED) is 0.720. The summed E-state index contributed by atoms with van der Waals surface area (Å²) >= 11 is 5.90. The number of benzene rings is 1. The van der Waals surface area contributed by atoms with E-state index in [0.29, 0.717) is 42.4 Å². The molecule has 0 radical (unpaired) electrons. The monoisotopic (exact) mass is 391 g/mol. The fraction of sp³-hybridized carbons (Fsp3) is 0.421. The zero-order valence-electron chi connectivity index (χ0n) is 15.0. The predicted molar refractivity (Wildman–Crippen MR) is 100 cm³/mol. The number of oxazole rings is 1. The van der Waals surface area contributed by atoms with Crippen LogP contribution in [0.3, 0.4) is 0 Å². The normalized spacial score (nSPS) is 19.5. The van der Waals surface area contributed by atoms with Crippen LogP contribution >= 0.6 is 11.6 Å². The maximum atomic E-state index is 12.1. The molecular formula is C19H22ClN3O4. The molecule has 1 aromatic carbocycles. The number of amides is 2. The first kappa shape index (κ1) is 19.2. The zero-order valence-corrected chi connectivity index (χ0v) is 15.8. The molecule has 1 aliphatic carbocycles. The zero-order chi connectivity index (χ0) is 19.4. The van der Waals surface area contributed by atoms with E-state index in [-0.39, 0.29) is 24.5 Å². The highest BCUT2D eigenvalue weighted by Crippen LogP contribution is 2.26. The number of hydrogen-bond donors (Lipinski definition) is 3. The number of carboxylic acid groups (broad SMARTS) is 1. The topological polar surface area (TPSA) is 104 Å². The van der Waals surface area contributed by atoms with Crippen LogP contribution in [0.15, 0.2) is 28.7 Å². The molecule has 1 saturated carbocycles. The van der Waals surface area contributed by atoms with E-state index in [9.17, 15) is 9.59 Å². The number of carbonyl (C=O) groups is 2. The molecule has 0 spiro atoms. The van der Waals surface area contributed by atoms with E-state index in [2.05, 4.69) is 15.6 Å². The van der Waals surface area contributed by atoms with E-state index in [1.807, 2.05) is 19.1 Å². The van der Waals surface area contributed by atoms with Gasteiger partial charge >= 0.3 is 12.0 Å². The van der Waals surface area contributed by atoms with Crippen LogP contribution in [-0.4, -0.2) is 28.1 Å². The van der Waals surface area contributed by atoms with Crippen molar-refractivity contribution in [2.75, 3.05) is 0 Å². The van der Waals surface area contributed by atoms with Gasteiger partial charge in [-0.3, -0.25) is 4.79 Å². The molecule has 0 aliphatic heterocycles. The van der Waals surface area contributed by atoms with Gasteiger partial charge in [0.1, 0.15) is 0 Å². The molecule has 3 rings (SSSR count). The highest BCUT2D eigenvalue weighted by Gasteiger charge is 2.26. The van der Waals surface area contributed by atoms with Crippen LogP contribution in [0.4, 0.5) is 4.79 Å². The summed E-state index contributed by atoms with van der Waals surface area (Å²) in [6, 6.07) is 6.96. The first-order valence-electron chi connectivity index (χ1n) is 8.92. The van der Waals surface area contributed by atoms with Crippen LogP contribution < -0.4 is 10.6 Å². The largest absolute Gasteiger partial charge is 0.481 e. The number of aliphatic carboxylic acids is 1. The molecule has 0 saturated heterocycles. The smallest absolute Gasteiger partial charge is 0.315 e. The molecule has 1 fully saturated rings. The Labute approximate surface area is 162 Å². The van der Waals surface area contributed by atoms with E-state index < -0.39 is 5.97 Å². The number of aromatic nitrogens is 1. The molecule has 0 bridgehead atoms. The van der Waals surface area contributed by atoms with Crippen LogP contribution in [0, 0.1) is 12.8 Å². The van der Waals surface area contributed by atoms with E-state index >= 15 is 0 Å². The van der Waals surface area contributed by atoms with E-state index in [4.69, 9.17) is 21.1 Å². The first-order chi connectivity index (χ1) is 12.9. The third-order valence-corrected chi connectivity index (χ3v) is 5.01. The van der Waals surface area contributed by atoms with Gasteiger partial charge in [-0.15, -0.1) is 0 Å². The van der Waals surface area contributed by atoms with E-state index in [1.165, 1.54) is 0 Å². The Hall–Kier alpha value is -2.54. The average Bonchev–Trinajstić information content (AvgIpc) is 3.02. The van der Waals surface area contributed by atoms with Gasteiger partial charge in [-0.2, -0.15) is 0 Å². The summed E-state index contributed by atoms with van der Waals surface area (Å²) in [4.78, 5) is 27.4. The summed E-state index contributed by atoms with van der Waals surface area (Å²) < 4.78 is 5.76. The van der Waals surface area contributed by atoms with Gasteiger partial charge in [0.05, 0.1) is 18.2 Å². The molecule has 1 aromatic heterocycles. The molecule has 8 heteroatoms. The first-order valence-corrected chi connectivity index (χ1v) is 9.29. The Morgan fingerprint density at radius 1 is 1.22 bits per heavy atom. The van der Waals surface area contributed by atoms with Crippen molar-refractivity contribution in [1.29, 1.82) is 0 Å². The average molecular weight is 392 g/mol.